The van der Waals surface area contributed by atoms with E-state index in [9.17, 15) is 13.2 Å². The summed E-state index contributed by atoms with van der Waals surface area (Å²) < 4.78 is 35.7. The summed E-state index contributed by atoms with van der Waals surface area (Å²) in [5.74, 6) is 0. The Morgan fingerprint density at radius 2 is 2.08 bits per heavy atom. The SMILES string of the molecule is Cc1csc(C(O)C(F)(F)F)c1. The maximum absolute atomic E-state index is 11.9. The number of thiophene rings is 1. The lowest BCUT2D eigenvalue weighted by Gasteiger charge is -2.11. The summed E-state index contributed by atoms with van der Waals surface area (Å²) in [6, 6.07) is 1.34. The van der Waals surface area contributed by atoms with Gasteiger partial charge in [0.15, 0.2) is 6.10 Å². The summed E-state index contributed by atoms with van der Waals surface area (Å²) in [6.07, 6.45) is -6.90. The number of aliphatic hydroxyl groups is 1. The molecule has 5 heteroatoms. The first-order valence-electron chi connectivity index (χ1n) is 3.21. The molecule has 1 nitrogen and oxygen atoms in total. The van der Waals surface area contributed by atoms with Gasteiger partial charge in [0.2, 0.25) is 0 Å². The van der Waals surface area contributed by atoms with E-state index < -0.39 is 12.3 Å². The molecule has 0 aliphatic rings. The predicted octanol–water partition coefficient (Wildman–Crippen LogP) is 2.65. The minimum Gasteiger partial charge on any atom is -0.379 e. The van der Waals surface area contributed by atoms with Gasteiger partial charge in [-0.3, -0.25) is 0 Å². The summed E-state index contributed by atoms with van der Waals surface area (Å²) in [5.41, 5.74) is 0.735. The maximum atomic E-state index is 11.9. The van der Waals surface area contributed by atoms with Crippen molar-refractivity contribution in [2.75, 3.05) is 0 Å². The van der Waals surface area contributed by atoms with Gasteiger partial charge < -0.3 is 5.11 Å². The van der Waals surface area contributed by atoms with Gasteiger partial charge in [0, 0.05) is 4.88 Å². The van der Waals surface area contributed by atoms with Crippen LogP contribution in [0.4, 0.5) is 13.2 Å². The Hall–Kier alpha value is -0.550. The lowest BCUT2D eigenvalue weighted by atomic mass is 10.2. The Kier molecular flexibility index (Phi) is 2.44. The molecule has 1 rings (SSSR count). The minimum absolute atomic E-state index is 0.0556. The van der Waals surface area contributed by atoms with Crippen LogP contribution in [-0.2, 0) is 0 Å². The lowest BCUT2D eigenvalue weighted by molar-refractivity contribution is -0.205. The van der Waals surface area contributed by atoms with Crippen LogP contribution < -0.4 is 0 Å². The number of aryl methyl sites for hydroxylation is 1. The Morgan fingerprint density at radius 3 is 2.42 bits per heavy atom. The fourth-order valence-electron chi connectivity index (χ4n) is 0.758. The fourth-order valence-corrected chi connectivity index (χ4v) is 1.66. The number of rotatable bonds is 1. The molecule has 1 unspecified atom stereocenters. The van der Waals surface area contributed by atoms with Gasteiger partial charge in [0.05, 0.1) is 0 Å². The highest BCUT2D eigenvalue weighted by Crippen LogP contribution is 2.35. The average molecular weight is 196 g/mol. The first kappa shape index (κ1) is 9.54. The normalized spacial score (nSPS) is 14.8. The molecule has 1 atom stereocenters. The molecule has 0 saturated heterocycles. The molecule has 12 heavy (non-hydrogen) atoms. The first-order valence-corrected chi connectivity index (χ1v) is 4.09. The van der Waals surface area contributed by atoms with Crippen LogP contribution in [0, 0.1) is 6.92 Å². The molecule has 0 radical (unpaired) electrons. The molecule has 68 valence electrons. The topological polar surface area (TPSA) is 20.2 Å². The zero-order valence-electron chi connectivity index (χ0n) is 6.22. The van der Waals surface area contributed by atoms with Crippen molar-refractivity contribution in [3.8, 4) is 0 Å². The quantitative estimate of drug-likeness (QED) is 0.732. The molecule has 0 fully saturated rings. The maximum Gasteiger partial charge on any atom is 0.419 e. The number of halogens is 3. The minimum atomic E-state index is -4.56. The largest absolute Gasteiger partial charge is 0.419 e. The van der Waals surface area contributed by atoms with Crippen LogP contribution in [0.2, 0.25) is 0 Å². The van der Waals surface area contributed by atoms with Gasteiger partial charge in [-0.15, -0.1) is 11.3 Å². The second kappa shape index (κ2) is 3.06. The summed E-state index contributed by atoms with van der Waals surface area (Å²) in [7, 11) is 0. The number of hydrogen-bond acceptors (Lipinski definition) is 2. The summed E-state index contributed by atoms with van der Waals surface area (Å²) in [4.78, 5) is -0.0556. The summed E-state index contributed by atoms with van der Waals surface area (Å²) in [5, 5.41) is 10.3. The van der Waals surface area contributed by atoms with E-state index in [1.807, 2.05) is 0 Å². The monoisotopic (exact) mass is 196 g/mol. The Balaban J connectivity index is 2.85. The van der Waals surface area contributed by atoms with E-state index in [-0.39, 0.29) is 4.88 Å². The molecular formula is C7H7F3OS. The Labute approximate surface area is 71.5 Å². The molecule has 0 bridgehead atoms. The van der Waals surface area contributed by atoms with Crippen molar-refractivity contribution in [2.45, 2.75) is 19.2 Å². The van der Waals surface area contributed by atoms with Crippen LogP contribution in [0.1, 0.15) is 16.5 Å². The molecule has 0 amide bonds. The smallest absolute Gasteiger partial charge is 0.379 e. The first-order chi connectivity index (χ1) is 5.41. The van der Waals surface area contributed by atoms with E-state index in [0.717, 1.165) is 16.9 Å². The highest BCUT2D eigenvalue weighted by Gasteiger charge is 2.40. The second-order valence-electron chi connectivity index (χ2n) is 2.47. The van der Waals surface area contributed by atoms with E-state index in [4.69, 9.17) is 5.11 Å². The van der Waals surface area contributed by atoms with Crippen LogP contribution in [-0.4, -0.2) is 11.3 Å². The van der Waals surface area contributed by atoms with Crippen molar-refractivity contribution in [1.82, 2.24) is 0 Å². The molecule has 1 aromatic heterocycles. The van der Waals surface area contributed by atoms with Crippen molar-refractivity contribution >= 4 is 11.3 Å². The van der Waals surface area contributed by atoms with Crippen molar-refractivity contribution in [1.29, 1.82) is 0 Å². The van der Waals surface area contributed by atoms with Crippen LogP contribution in [0.5, 0.6) is 0 Å². The Morgan fingerprint density at radius 1 is 1.50 bits per heavy atom. The van der Waals surface area contributed by atoms with Crippen LogP contribution in [0.25, 0.3) is 0 Å². The number of aliphatic hydroxyl groups excluding tert-OH is 1. The van der Waals surface area contributed by atoms with E-state index in [1.54, 1.807) is 12.3 Å². The van der Waals surface area contributed by atoms with Crippen LogP contribution in [0.15, 0.2) is 11.4 Å². The number of hydrogen-bond donors (Lipinski definition) is 1. The highest BCUT2D eigenvalue weighted by molar-refractivity contribution is 7.10. The van der Waals surface area contributed by atoms with Gasteiger partial charge in [-0.1, -0.05) is 0 Å². The summed E-state index contributed by atoms with van der Waals surface area (Å²) in [6.45, 7) is 1.68. The third-order valence-corrected chi connectivity index (χ3v) is 2.43. The molecule has 0 aliphatic carbocycles. The zero-order chi connectivity index (χ0) is 9.35. The van der Waals surface area contributed by atoms with E-state index >= 15 is 0 Å². The van der Waals surface area contributed by atoms with Crippen LogP contribution in [0.3, 0.4) is 0 Å². The van der Waals surface area contributed by atoms with Crippen molar-refractivity contribution < 1.29 is 18.3 Å². The molecule has 0 aliphatic heterocycles. The molecule has 1 heterocycles. The Bertz CT molecular complexity index is 266. The van der Waals surface area contributed by atoms with Gasteiger partial charge in [-0.25, -0.2) is 0 Å². The van der Waals surface area contributed by atoms with Gasteiger partial charge in [-0.2, -0.15) is 13.2 Å². The van der Waals surface area contributed by atoms with E-state index in [1.165, 1.54) is 6.07 Å². The second-order valence-corrected chi connectivity index (χ2v) is 3.41. The molecule has 0 saturated carbocycles. The zero-order valence-corrected chi connectivity index (χ0v) is 7.04. The average Bonchev–Trinajstić information content (AvgIpc) is 2.32. The van der Waals surface area contributed by atoms with Crippen molar-refractivity contribution in [3.63, 3.8) is 0 Å². The van der Waals surface area contributed by atoms with E-state index in [0.29, 0.717) is 0 Å². The van der Waals surface area contributed by atoms with Crippen molar-refractivity contribution in [3.05, 3.63) is 21.9 Å². The summed E-state index contributed by atoms with van der Waals surface area (Å²) >= 11 is 0.915. The van der Waals surface area contributed by atoms with Gasteiger partial charge >= 0.3 is 6.18 Å². The van der Waals surface area contributed by atoms with Gasteiger partial charge in [-0.05, 0) is 23.9 Å². The predicted molar refractivity (Wildman–Crippen MR) is 40.1 cm³/mol. The third kappa shape index (κ3) is 1.98. The molecule has 0 spiro atoms. The van der Waals surface area contributed by atoms with Gasteiger partial charge in [0.25, 0.3) is 0 Å². The van der Waals surface area contributed by atoms with Crippen LogP contribution >= 0.6 is 11.3 Å². The highest BCUT2D eigenvalue weighted by atomic mass is 32.1. The third-order valence-electron chi connectivity index (χ3n) is 1.33. The molecule has 1 N–H and O–H groups in total. The molecule has 0 aromatic carbocycles. The fraction of sp³-hybridized carbons (Fsp3) is 0.429. The number of alkyl halides is 3. The van der Waals surface area contributed by atoms with Gasteiger partial charge in [0.1, 0.15) is 0 Å². The molecule has 1 aromatic rings. The van der Waals surface area contributed by atoms with Crippen molar-refractivity contribution in [2.24, 2.45) is 0 Å². The lowest BCUT2D eigenvalue weighted by Crippen LogP contribution is -2.18. The molecular weight excluding hydrogens is 189 g/mol. The van der Waals surface area contributed by atoms with E-state index in [2.05, 4.69) is 0 Å². The standard InChI is InChI=1S/C7H7F3OS/c1-4-2-5(12-3-4)6(11)7(8,9)10/h2-3,6,11H,1H3.